The molecule has 35 heavy (non-hydrogen) atoms. The van der Waals surface area contributed by atoms with E-state index in [1.54, 1.807) is 48.5 Å². The second kappa shape index (κ2) is 11.4. The van der Waals surface area contributed by atoms with E-state index < -0.39 is 11.9 Å². The molecule has 0 aromatic heterocycles. The van der Waals surface area contributed by atoms with Crippen LogP contribution in [0.1, 0.15) is 26.3 Å². The van der Waals surface area contributed by atoms with Crippen LogP contribution in [-0.4, -0.2) is 66.8 Å². The molecular formula is C28H30N4O3. The molecule has 0 aliphatic carbocycles. The maximum atomic E-state index is 13.4. The fourth-order valence-corrected chi connectivity index (χ4v) is 4.11. The molecule has 0 saturated carbocycles. The molecule has 2 N–H and O–H groups in total. The maximum Gasteiger partial charge on any atom is 0.255 e. The van der Waals surface area contributed by atoms with Gasteiger partial charge in [0.1, 0.15) is 6.04 Å². The lowest BCUT2D eigenvalue weighted by Crippen LogP contribution is -2.55. The second-order valence-corrected chi connectivity index (χ2v) is 8.71. The summed E-state index contributed by atoms with van der Waals surface area (Å²) in [5.74, 6) is -0.807. The molecule has 0 spiro atoms. The van der Waals surface area contributed by atoms with Gasteiger partial charge in [-0.05, 0) is 36.9 Å². The predicted molar refractivity (Wildman–Crippen MR) is 136 cm³/mol. The predicted octanol–water partition coefficient (Wildman–Crippen LogP) is 3.05. The third-order valence-electron chi connectivity index (χ3n) is 6.16. The number of nitrogens with zero attached hydrogens (tertiary/aromatic N) is 2. The Morgan fingerprint density at radius 2 is 1.37 bits per heavy atom. The van der Waals surface area contributed by atoms with Crippen molar-refractivity contribution >= 4 is 23.4 Å². The molecule has 7 nitrogen and oxygen atoms in total. The van der Waals surface area contributed by atoms with Gasteiger partial charge >= 0.3 is 0 Å². The van der Waals surface area contributed by atoms with Crippen molar-refractivity contribution in [3.8, 4) is 0 Å². The maximum absolute atomic E-state index is 13.4. The van der Waals surface area contributed by atoms with Crippen LogP contribution in [0.5, 0.6) is 0 Å². The number of piperazine rings is 1. The summed E-state index contributed by atoms with van der Waals surface area (Å²) in [7, 11) is 2.03. The van der Waals surface area contributed by atoms with E-state index >= 15 is 0 Å². The number of carbonyl (C=O) groups is 3. The van der Waals surface area contributed by atoms with E-state index in [0.29, 0.717) is 36.3 Å². The van der Waals surface area contributed by atoms with Crippen molar-refractivity contribution in [1.82, 2.24) is 15.1 Å². The van der Waals surface area contributed by atoms with Crippen LogP contribution >= 0.6 is 0 Å². The van der Waals surface area contributed by atoms with E-state index in [9.17, 15) is 14.4 Å². The SMILES string of the molecule is CN1CCN(C(=O)C(Cc2ccccc2)NC(=O)c2ccccc2NC(=O)c2ccccc2)CC1. The highest BCUT2D eigenvalue weighted by Crippen LogP contribution is 2.18. The number of likely N-dealkylation sites (N-methyl/N-ethyl adjacent to an activating group) is 1. The van der Waals surface area contributed by atoms with Crippen LogP contribution in [0.4, 0.5) is 5.69 Å². The van der Waals surface area contributed by atoms with Crippen LogP contribution in [0.25, 0.3) is 0 Å². The van der Waals surface area contributed by atoms with Crippen LogP contribution in [-0.2, 0) is 11.2 Å². The number of benzene rings is 3. The molecule has 3 aromatic carbocycles. The zero-order valence-corrected chi connectivity index (χ0v) is 19.8. The average Bonchev–Trinajstić information content (AvgIpc) is 2.89. The van der Waals surface area contributed by atoms with E-state index in [4.69, 9.17) is 0 Å². The molecule has 0 bridgehead atoms. The smallest absolute Gasteiger partial charge is 0.255 e. The van der Waals surface area contributed by atoms with Gasteiger partial charge in [0, 0.05) is 38.2 Å². The highest BCUT2D eigenvalue weighted by atomic mass is 16.2. The molecule has 1 heterocycles. The largest absolute Gasteiger partial charge is 0.340 e. The van der Waals surface area contributed by atoms with Gasteiger partial charge in [-0.25, -0.2) is 0 Å². The van der Waals surface area contributed by atoms with Gasteiger partial charge in [0.25, 0.3) is 11.8 Å². The van der Waals surface area contributed by atoms with Gasteiger partial charge in [0.2, 0.25) is 5.91 Å². The highest BCUT2D eigenvalue weighted by molar-refractivity contribution is 6.09. The summed E-state index contributed by atoms with van der Waals surface area (Å²) in [6, 6.07) is 24.6. The minimum atomic E-state index is -0.716. The van der Waals surface area contributed by atoms with E-state index in [0.717, 1.165) is 18.7 Å². The Bertz CT molecular complexity index is 1160. The van der Waals surface area contributed by atoms with E-state index in [1.165, 1.54) is 0 Å². The molecule has 4 rings (SSSR count). The number of carbonyl (C=O) groups excluding carboxylic acids is 3. The van der Waals surface area contributed by atoms with Crippen molar-refractivity contribution in [2.45, 2.75) is 12.5 Å². The topological polar surface area (TPSA) is 81.8 Å². The first-order valence-electron chi connectivity index (χ1n) is 11.8. The van der Waals surface area contributed by atoms with Crippen LogP contribution in [0.15, 0.2) is 84.9 Å². The van der Waals surface area contributed by atoms with E-state index in [-0.39, 0.29) is 11.8 Å². The molecule has 1 atom stereocenters. The summed E-state index contributed by atoms with van der Waals surface area (Å²) < 4.78 is 0. The summed E-state index contributed by atoms with van der Waals surface area (Å²) in [6.07, 6.45) is 0.385. The minimum Gasteiger partial charge on any atom is -0.340 e. The number of para-hydroxylation sites is 1. The van der Waals surface area contributed by atoms with Gasteiger partial charge in [-0.15, -0.1) is 0 Å². The van der Waals surface area contributed by atoms with Crippen molar-refractivity contribution in [3.63, 3.8) is 0 Å². The average molecular weight is 471 g/mol. The summed E-state index contributed by atoms with van der Waals surface area (Å²) >= 11 is 0. The monoisotopic (exact) mass is 470 g/mol. The number of hydrogen-bond acceptors (Lipinski definition) is 4. The standard InChI is InChI=1S/C28H30N4O3/c1-31-16-18-32(19-17-31)28(35)25(20-21-10-4-2-5-11-21)30-27(34)23-14-8-9-15-24(23)29-26(33)22-12-6-3-7-13-22/h2-15,25H,16-20H2,1H3,(H,29,33)(H,30,34). The summed E-state index contributed by atoms with van der Waals surface area (Å²) in [4.78, 5) is 43.5. The Hall–Kier alpha value is -3.97. The van der Waals surface area contributed by atoms with Crippen LogP contribution in [0, 0.1) is 0 Å². The molecule has 1 aliphatic heterocycles. The molecule has 180 valence electrons. The Kier molecular flexibility index (Phi) is 7.90. The third-order valence-corrected chi connectivity index (χ3v) is 6.16. The summed E-state index contributed by atoms with van der Waals surface area (Å²) in [6.45, 7) is 2.85. The van der Waals surface area contributed by atoms with Gasteiger partial charge in [0.15, 0.2) is 0 Å². The number of hydrogen-bond donors (Lipinski definition) is 2. The van der Waals surface area contributed by atoms with E-state index in [1.807, 2.05) is 48.3 Å². The van der Waals surface area contributed by atoms with Gasteiger partial charge in [-0.3, -0.25) is 14.4 Å². The first-order chi connectivity index (χ1) is 17.0. The zero-order valence-electron chi connectivity index (χ0n) is 19.8. The molecular weight excluding hydrogens is 440 g/mol. The fourth-order valence-electron chi connectivity index (χ4n) is 4.11. The van der Waals surface area contributed by atoms with Gasteiger partial charge < -0.3 is 20.4 Å². The second-order valence-electron chi connectivity index (χ2n) is 8.71. The normalized spacial score (nSPS) is 14.7. The van der Waals surface area contributed by atoms with E-state index in [2.05, 4.69) is 15.5 Å². The van der Waals surface area contributed by atoms with Crippen molar-refractivity contribution in [2.75, 3.05) is 38.5 Å². The first-order valence-corrected chi connectivity index (χ1v) is 11.8. The molecule has 3 aromatic rings. The molecule has 1 saturated heterocycles. The highest BCUT2D eigenvalue weighted by Gasteiger charge is 2.29. The number of amides is 3. The third kappa shape index (κ3) is 6.33. The zero-order chi connectivity index (χ0) is 24.6. The number of nitrogens with one attached hydrogen (secondary N) is 2. The van der Waals surface area contributed by atoms with Crippen molar-refractivity contribution in [1.29, 1.82) is 0 Å². The van der Waals surface area contributed by atoms with Gasteiger partial charge in [0.05, 0.1) is 11.3 Å². The lowest BCUT2D eigenvalue weighted by atomic mass is 10.0. The van der Waals surface area contributed by atoms with Gasteiger partial charge in [-0.1, -0.05) is 60.7 Å². The Balaban J connectivity index is 1.53. The van der Waals surface area contributed by atoms with Crippen molar-refractivity contribution < 1.29 is 14.4 Å². The Morgan fingerprint density at radius 1 is 0.771 bits per heavy atom. The molecule has 1 fully saturated rings. The number of anilines is 1. The molecule has 3 amide bonds. The molecule has 1 aliphatic rings. The molecule has 7 heteroatoms. The van der Waals surface area contributed by atoms with Crippen molar-refractivity contribution in [2.24, 2.45) is 0 Å². The molecule has 0 radical (unpaired) electrons. The van der Waals surface area contributed by atoms with Crippen LogP contribution in [0.2, 0.25) is 0 Å². The lowest BCUT2D eigenvalue weighted by molar-refractivity contribution is -0.134. The summed E-state index contributed by atoms with van der Waals surface area (Å²) in [5, 5.41) is 5.78. The van der Waals surface area contributed by atoms with Crippen molar-refractivity contribution in [3.05, 3.63) is 102 Å². The van der Waals surface area contributed by atoms with Crippen LogP contribution < -0.4 is 10.6 Å². The summed E-state index contributed by atoms with van der Waals surface area (Å²) in [5.41, 5.74) is 2.16. The molecule has 1 unspecified atom stereocenters. The fraction of sp³-hybridized carbons (Fsp3) is 0.250. The number of rotatable bonds is 7. The Morgan fingerprint density at radius 3 is 2.06 bits per heavy atom. The van der Waals surface area contributed by atoms with Crippen LogP contribution in [0.3, 0.4) is 0 Å². The Labute approximate surface area is 205 Å². The van der Waals surface area contributed by atoms with Gasteiger partial charge in [-0.2, -0.15) is 0 Å². The lowest BCUT2D eigenvalue weighted by Gasteiger charge is -2.35. The quantitative estimate of drug-likeness (QED) is 0.556. The first kappa shape index (κ1) is 24.2. The minimum absolute atomic E-state index is 0.0962.